The summed E-state index contributed by atoms with van der Waals surface area (Å²) in [5.41, 5.74) is 1.25. The van der Waals surface area contributed by atoms with E-state index in [2.05, 4.69) is 10.6 Å². The molecule has 1 aliphatic heterocycles. The lowest BCUT2D eigenvalue weighted by Gasteiger charge is -2.08. The van der Waals surface area contributed by atoms with Crippen molar-refractivity contribution in [3.8, 4) is 5.75 Å². The van der Waals surface area contributed by atoms with Gasteiger partial charge in [-0.05, 0) is 12.1 Å². The summed E-state index contributed by atoms with van der Waals surface area (Å²) in [6.07, 6.45) is 0.425. The number of benzene rings is 1. The van der Waals surface area contributed by atoms with E-state index in [4.69, 9.17) is 0 Å². The van der Waals surface area contributed by atoms with Gasteiger partial charge in [0.05, 0.1) is 5.69 Å². The fourth-order valence-corrected chi connectivity index (χ4v) is 1.34. The van der Waals surface area contributed by atoms with E-state index in [1.807, 2.05) is 0 Å². The van der Waals surface area contributed by atoms with Crippen molar-refractivity contribution in [2.24, 2.45) is 0 Å². The van der Waals surface area contributed by atoms with Crippen molar-refractivity contribution in [1.82, 2.24) is 0 Å². The van der Waals surface area contributed by atoms with E-state index in [9.17, 15) is 9.90 Å². The van der Waals surface area contributed by atoms with Gasteiger partial charge in [-0.1, -0.05) is 6.07 Å². The zero-order valence-electron chi connectivity index (χ0n) is 7.00. The van der Waals surface area contributed by atoms with Crippen LogP contribution in [0.4, 0.5) is 11.4 Å². The molecule has 0 saturated carbocycles. The molecule has 4 nitrogen and oxygen atoms in total. The number of amides is 1. The number of nitrogens with one attached hydrogen (secondary N) is 2. The molecule has 1 aliphatic rings. The minimum Gasteiger partial charge on any atom is -0.506 e. The number of phenols is 1. The molecule has 0 saturated heterocycles. The average molecular weight is 178 g/mol. The van der Waals surface area contributed by atoms with Crippen molar-refractivity contribution < 1.29 is 9.90 Å². The second kappa shape index (κ2) is 2.97. The van der Waals surface area contributed by atoms with Gasteiger partial charge in [0.15, 0.2) is 0 Å². The Labute approximate surface area is 75.6 Å². The SMILES string of the molecule is O=C1CCNc2c(O)cccc2N1. The molecule has 0 fully saturated rings. The Hall–Kier alpha value is -1.71. The van der Waals surface area contributed by atoms with Crippen LogP contribution in [0.25, 0.3) is 0 Å². The van der Waals surface area contributed by atoms with Crippen LogP contribution in [0.1, 0.15) is 6.42 Å². The van der Waals surface area contributed by atoms with Gasteiger partial charge in [-0.15, -0.1) is 0 Å². The normalized spacial score (nSPS) is 15.2. The first kappa shape index (κ1) is 7.91. The fraction of sp³-hybridized carbons (Fsp3) is 0.222. The van der Waals surface area contributed by atoms with Gasteiger partial charge in [-0.2, -0.15) is 0 Å². The number of aromatic hydroxyl groups is 1. The molecule has 3 N–H and O–H groups in total. The third kappa shape index (κ3) is 1.42. The van der Waals surface area contributed by atoms with Gasteiger partial charge in [-0.25, -0.2) is 0 Å². The molecule has 68 valence electrons. The first-order valence-electron chi connectivity index (χ1n) is 4.13. The predicted molar refractivity (Wildman–Crippen MR) is 49.8 cm³/mol. The highest BCUT2D eigenvalue weighted by atomic mass is 16.3. The van der Waals surface area contributed by atoms with Crippen molar-refractivity contribution >= 4 is 17.3 Å². The van der Waals surface area contributed by atoms with Crippen LogP contribution >= 0.6 is 0 Å². The minimum absolute atomic E-state index is 0.0307. The minimum atomic E-state index is -0.0307. The number of para-hydroxylation sites is 1. The van der Waals surface area contributed by atoms with Gasteiger partial charge >= 0.3 is 0 Å². The lowest BCUT2D eigenvalue weighted by molar-refractivity contribution is -0.115. The van der Waals surface area contributed by atoms with Crippen LogP contribution in [0.3, 0.4) is 0 Å². The van der Waals surface area contributed by atoms with Gasteiger partial charge in [0.2, 0.25) is 5.91 Å². The number of anilines is 2. The van der Waals surface area contributed by atoms with Crippen molar-refractivity contribution in [3.05, 3.63) is 18.2 Å². The Bertz CT molecular complexity index is 349. The van der Waals surface area contributed by atoms with E-state index < -0.39 is 0 Å². The maximum atomic E-state index is 11.1. The summed E-state index contributed by atoms with van der Waals surface area (Å²) in [4.78, 5) is 11.1. The first-order valence-corrected chi connectivity index (χ1v) is 4.13. The van der Waals surface area contributed by atoms with Crippen LogP contribution in [0.15, 0.2) is 18.2 Å². The van der Waals surface area contributed by atoms with Gasteiger partial charge in [0.1, 0.15) is 11.4 Å². The van der Waals surface area contributed by atoms with Crippen LogP contribution in [-0.2, 0) is 4.79 Å². The van der Waals surface area contributed by atoms with E-state index in [1.54, 1.807) is 18.2 Å². The fourth-order valence-electron chi connectivity index (χ4n) is 1.34. The molecule has 1 aromatic rings. The Balaban J connectivity index is 2.45. The smallest absolute Gasteiger partial charge is 0.226 e. The quantitative estimate of drug-likeness (QED) is 0.522. The van der Waals surface area contributed by atoms with Crippen LogP contribution in [0.2, 0.25) is 0 Å². The van der Waals surface area contributed by atoms with Crippen LogP contribution < -0.4 is 10.6 Å². The highest BCUT2D eigenvalue weighted by molar-refractivity contribution is 5.97. The molecule has 1 heterocycles. The van der Waals surface area contributed by atoms with Crippen LogP contribution in [0.5, 0.6) is 5.75 Å². The summed E-state index contributed by atoms with van der Waals surface area (Å²) in [6.45, 7) is 0.552. The van der Waals surface area contributed by atoms with Crippen LogP contribution in [-0.4, -0.2) is 17.6 Å². The van der Waals surface area contributed by atoms with E-state index >= 15 is 0 Å². The van der Waals surface area contributed by atoms with Crippen molar-refractivity contribution in [2.75, 3.05) is 17.2 Å². The van der Waals surface area contributed by atoms with E-state index in [-0.39, 0.29) is 11.7 Å². The van der Waals surface area contributed by atoms with Crippen molar-refractivity contribution in [3.63, 3.8) is 0 Å². The molecule has 2 rings (SSSR count). The van der Waals surface area contributed by atoms with Gasteiger partial charge < -0.3 is 15.7 Å². The molecule has 0 bridgehead atoms. The molecule has 1 aromatic carbocycles. The first-order chi connectivity index (χ1) is 6.27. The summed E-state index contributed by atoms with van der Waals surface area (Å²) in [5.74, 6) is 0.136. The lowest BCUT2D eigenvalue weighted by Crippen LogP contribution is -2.10. The number of carbonyl (C=O) groups is 1. The van der Waals surface area contributed by atoms with Crippen molar-refractivity contribution in [1.29, 1.82) is 0 Å². The average Bonchev–Trinajstić information content (AvgIpc) is 2.27. The zero-order chi connectivity index (χ0) is 9.26. The molecule has 0 aliphatic carbocycles. The highest BCUT2D eigenvalue weighted by Crippen LogP contribution is 2.32. The third-order valence-corrected chi connectivity index (χ3v) is 1.97. The van der Waals surface area contributed by atoms with Crippen molar-refractivity contribution in [2.45, 2.75) is 6.42 Å². The van der Waals surface area contributed by atoms with E-state index in [0.29, 0.717) is 24.3 Å². The molecular formula is C9H10N2O2. The monoisotopic (exact) mass is 178 g/mol. The third-order valence-electron chi connectivity index (χ3n) is 1.97. The number of hydrogen-bond acceptors (Lipinski definition) is 3. The largest absolute Gasteiger partial charge is 0.506 e. The Morgan fingerprint density at radius 1 is 1.38 bits per heavy atom. The number of fused-ring (bicyclic) bond motifs is 1. The van der Waals surface area contributed by atoms with Gasteiger partial charge in [0, 0.05) is 13.0 Å². The Morgan fingerprint density at radius 3 is 3.08 bits per heavy atom. The lowest BCUT2D eigenvalue weighted by atomic mass is 10.2. The summed E-state index contributed by atoms with van der Waals surface area (Å²) < 4.78 is 0. The topological polar surface area (TPSA) is 61.4 Å². The number of rotatable bonds is 0. The van der Waals surface area contributed by atoms with Gasteiger partial charge in [-0.3, -0.25) is 4.79 Å². The van der Waals surface area contributed by atoms with Gasteiger partial charge in [0.25, 0.3) is 0 Å². The second-order valence-electron chi connectivity index (χ2n) is 2.92. The maximum Gasteiger partial charge on any atom is 0.226 e. The maximum absolute atomic E-state index is 11.1. The summed E-state index contributed by atoms with van der Waals surface area (Å²) in [5, 5.41) is 15.1. The molecule has 13 heavy (non-hydrogen) atoms. The van der Waals surface area contributed by atoms with E-state index in [1.165, 1.54) is 0 Å². The Morgan fingerprint density at radius 2 is 2.23 bits per heavy atom. The van der Waals surface area contributed by atoms with Crippen LogP contribution in [0, 0.1) is 0 Å². The molecule has 0 unspecified atom stereocenters. The number of carbonyl (C=O) groups excluding carboxylic acids is 1. The summed E-state index contributed by atoms with van der Waals surface area (Å²) in [7, 11) is 0. The molecule has 0 aromatic heterocycles. The zero-order valence-corrected chi connectivity index (χ0v) is 7.00. The molecule has 4 heteroatoms. The summed E-state index contributed by atoms with van der Waals surface area (Å²) >= 11 is 0. The predicted octanol–water partition coefficient (Wildman–Crippen LogP) is 1.15. The standard InChI is InChI=1S/C9H10N2O2/c12-7-3-1-2-6-9(7)10-5-4-8(13)11-6/h1-3,10,12H,4-5H2,(H,11,13). The molecule has 0 radical (unpaired) electrons. The Kier molecular flexibility index (Phi) is 1.81. The number of hydrogen-bond donors (Lipinski definition) is 3. The molecule has 0 atom stereocenters. The molecular weight excluding hydrogens is 168 g/mol. The van der Waals surface area contributed by atoms with E-state index in [0.717, 1.165) is 0 Å². The molecule has 1 amide bonds. The molecule has 0 spiro atoms. The summed E-state index contributed by atoms with van der Waals surface area (Å²) in [6, 6.07) is 5.04. The second-order valence-corrected chi connectivity index (χ2v) is 2.92. The number of phenolic OH excluding ortho intramolecular Hbond substituents is 1. The highest BCUT2D eigenvalue weighted by Gasteiger charge is 2.13.